The minimum absolute atomic E-state index is 0. The van der Waals surface area contributed by atoms with E-state index in [0.29, 0.717) is 0 Å². The van der Waals surface area contributed by atoms with E-state index in [1.807, 2.05) is 23.0 Å². The number of piperidine rings is 1. The van der Waals surface area contributed by atoms with E-state index in [2.05, 4.69) is 29.1 Å². The molecule has 0 spiro atoms. The molecule has 1 N–H and O–H groups in total. The van der Waals surface area contributed by atoms with Crippen LogP contribution in [0.2, 0.25) is 0 Å². The van der Waals surface area contributed by atoms with E-state index in [1.54, 1.807) is 0 Å². The van der Waals surface area contributed by atoms with Crippen molar-refractivity contribution < 1.29 is 5.11 Å². The number of rotatable bonds is 4. The summed E-state index contributed by atoms with van der Waals surface area (Å²) in [6.45, 7) is 6.29. The predicted molar refractivity (Wildman–Crippen MR) is 91.6 cm³/mol. The van der Waals surface area contributed by atoms with Crippen molar-refractivity contribution in [1.29, 1.82) is 0 Å². The van der Waals surface area contributed by atoms with Crippen molar-refractivity contribution >= 4 is 12.4 Å². The lowest BCUT2D eigenvalue weighted by Gasteiger charge is -2.26. The minimum atomic E-state index is 0. The normalized spacial score (nSPS) is 15.5. The molecule has 1 saturated heterocycles. The lowest BCUT2D eigenvalue weighted by molar-refractivity contribution is 0.217. The van der Waals surface area contributed by atoms with E-state index in [4.69, 9.17) is 0 Å². The van der Waals surface area contributed by atoms with Crippen molar-refractivity contribution in [2.45, 2.75) is 32.7 Å². The number of nitrogens with zero attached hydrogens (tertiary/aromatic N) is 3. The van der Waals surface area contributed by atoms with Gasteiger partial charge in [0.15, 0.2) is 0 Å². The molecular weight excluding hydrogens is 298 g/mol. The average molecular weight is 322 g/mol. The molecule has 1 aliphatic rings. The highest BCUT2D eigenvalue weighted by Crippen LogP contribution is 2.27. The zero-order valence-electron chi connectivity index (χ0n) is 13.0. The summed E-state index contributed by atoms with van der Waals surface area (Å²) in [5.74, 6) is 0.123. The molecule has 4 nitrogen and oxygen atoms in total. The van der Waals surface area contributed by atoms with Gasteiger partial charge in [-0.2, -0.15) is 0 Å². The Morgan fingerprint density at radius 2 is 1.73 bits per heavy atom. The van der Waals surface area contributed by atoms with Crippen LogP contribution in [0.15, 0.2) is 30.5 Å². The highest BCUT2D eigenvalue weighted by Gasteiger charge is 2.12. The van der Waals surface area contributed by atoms with Gasteiger partial charge in [-0.25, -0.2) is 0 Å². The minimum Gasteiger partial charge on any atom is -0.492 e. The molecule has 0 aliphatic carbocycles. The maximum Gasteiger partial charge on any atom is 0.238 e. The van der Waals surface area contributed by atoms with Crippen molar-refractivity contribution in [3.05, 3.63) is 36.0 Å². The van der Waals surface area contributed by atoms with Crippen LogP contribution in [0.3, 0.4) is 0 Å². The molecule has 0 amide bonds. The molecule has 1 aliphatic heterocycles. The van der Waals surface area contributed by atoms with E-state index < -0.39 is 0 Å². The number of aromatic nitrogens is 2. The molecular formula is C17H24ClN3O. The first-order valence-corrected chi connectivity index (χ1v) is 7.78. The first-order valence-electron chi connectivity index (χ1n) is 7.78. The average Bonchev–Trinajstić information content (AvgIpc) is 2.88. The molecule has 0 bridgehead atoms. The zero-order valence-corrected chi connectivity index (χ0v) is 13.9. The molecule has 5 heteroatoms. The van der Waals surface area contributed by atoms with Crippen LogP contribution < -0.4 is 0 Å². The smallest absolute Gasteiger partial charge is 0.238 e. The molecule has 0 unspecified atom stereocenters. The molecule has 2 heterocycles. The van der Waals surface area contributed by atoms with E-state index in [-0.39, 0.29) is 18.3 Å². The Morgan fingerprint density at radius 1 is 1.05 bits per heavy atom. The van der Waals surface area contributed by atoms with Crippen LogP contribution in [0.1, 0.15) is 24.8 Å². The van der Waals surface area contributed by atoms with Crippen LogP contribution in [-0.4, -0.2) is 39.4 Å². The van der Waals surface area contributed by atoms with Crippen LogP contribution in [0, 0.1) is 6.92 Å². The predicted octanol–water partition coefficient (Wildman–Crippen LogP) is 3.47. The van der Waals surface area contributed by atoms with Gasteiger partial charge in [0.05, 0.1) is 12.1 Å². The van der Waals surface area contributed by atoms with Crippen LogP contribution in [0.25, 0.3) is 11.1 Å². The van der Waals surface area contributed by atoms with Gasteiger partial charge < -0.3 is 10.0 Å². The number of aryl methyl sites for hydroxylation is 1. The van der Waals surface area contributed by atoms with Gasteiger partial charge in [-0.05, 0) is 38.4 Å². The number of benzene rings is 1. The summed E-state index contributed by atoms with van der Waals surface area (Å²) >= 11 is 0. The Balaban J connectivity index is 0.00000176. The molecule has 0 radical (unpaired) electrons. The molecule has 0 atom stereocenters. The summed E-state index contributed by atoms with van der Waals surface area (Å²) in [5.41, 5.74) is 3.05. The summed E-state index contributed by atoms with van der Waals surface area (Å²) in [6.07, 6.45) is 5.92. The Hall–Kier alpha value is -1.52. The van der Waals surface area contributed by atoms with Gasteiger partial charge in [0.2, 0.25) is 5.88 Å². The van der Waals surface area contributed by atoms with E-state index in [0.717, 1.165) is 24.2 Å². The number of halogens is 1. The molecule has 120 valence electrons. The molecule has 0 saturated carbocycles. The first-order chi connectivity index (χ1) is 10.2. The maximum atomic E-state index is 10.0. The SMILES string of the molecule is Cc1ccc(-c2cn(CCN3CCCCC3)nc2O)cc1.Cl. The van der Waals surface area contributed by atoms with E-state index >= 15 is 0 Å². The largest absolute Gasteiger partial charge is 0.492 e. The van der Waals surface area contributed by atoms with Gasteiger partial charge in [0.1, 0.15) is 0 Å². The Morgan fingerprint density at radius 3 is 2.41 bits per heavy atom. The topological polar surface area (TPSA) is 41.3 Å². The third kappa shape index (κ3) is 4.02. The third-order valence-electron chi connectivity index (χ3n) is 4.20. The van der Waals surface area contributed by atoms with Gasteiger partial charge in [-0.1, -0.05) is 36.2 Å². The summed E-state index contributed by atoms with van der Waals surface area (Å²) in [5, 5.41) is 14.3. The van der Waals surface area contributed by atoms with Gasteiger partial charge in [-0.15, -0.1) is 17.5 Å². The second kappa shape index (κ2) is 7.65. The summed E-state index contributed by atoms with van der Waals surface area (Å²) in [7, 11) is 0. The highest BCUT2D eigenvalue weighted by molar-refractivity contribution is 5.85. The monoisotopic (exact) mass is 321 g/mol. The van der Waals surface area contributed by atoms with Crippen molar-refractivity contribution in [3.8, 4) is 17.0 Å². The molecule has 22 heavy (non-hydrogen) atoms. The fourth-order valence-corrected chi connectivity index (χ4v) is 2.89. The third-order valence-corrected chi connectivity index (χ3v) is 4.20. The van der Waals surface area contributed by atoms with Crippen LogP contribution in [-0.2, 0) is 6.54 Å². The molecule has 1 fully saturated rings. The highest BCUT2D eigenvalue weighted by atomic mass is 35.5. The lowest BCUT2D eigenvalue weighted by atomic mass is 10.1. The summed E-state index contributed by atoms with van der Waals surface area (Å²) in [6, 6.07) is 8.17. The van der Waals surface area contributed by atoms with Crippen LogP contribution in [0.4, 0.5) is 0 Å². The van der Waals surface area contributed by atoms with Crippen molar-refractivity contribution in [1.82, 2.24) is 14.7 Å². The van der Waals surface area contributed by atoms with Gasteiger partial charge in [0.25, 0.3) is 0 Å². The van der Waals surface area contributed by atoms with Crippen LogP contribution >= 0.6 is 12.4 Å². The van der Waals surface area contributed by atoms with Gasteiger partial charge in [-0.3, -0.25) is 4.68 Å². The second-order valence-electron chi connectivity index (χ2n) is 5.90. The molecule has 3 rings (SSSR count). The second-order valence-corrected chi connectivity index (χ2v) is 5.90. The van der Waals surface area contributed by atoms with Crippen LogP contribution in [0.5, 0.6) is 5.88 Å². The number of hydrogen-bond donors (Lipinski definition) is 1. The fourth-order valence-electron chi connectivity index (χ4n) is 2.89. The standard InChI is InChI=1S/C17H23N3O.ClH/c1-14-5-7-15(8-6-14)16-13-20(18-17(16)21)12-11-19-9-3-2-4-10-19;/h5-8,13H,2-4,9-12H2,1H3,(H,18,21);1H. The summed E-state index contributed by atoms with van der Waals surface area (Å²) in [4.78, 5) is 2.48. The van der Waals surface area contributed by atoms with Gasteiger partial charge in [0, 0.05) is 12.7 Å². The number of hydrogen-bond acceptors (Lipinski definition) is 3. The maximum absolute atomic E-state index is 10.0. The van der Waals surface area contributed by atoms with Crippen molar-refractivity contribution in [2.75, 3.05) is 19.6 Å². The Labute approximate surface area is 138 Å². The van der Waals surface area contributed by atoms with E-state index in [1.165, 1.54) is 37.9 Å². The molecule has 2 aromatic rings. The molecule has 1 aromatic heterocycles. The Bertz CT molecular complexity index is 588. The lowest BCUT2D eigenvalue weighted by Crippen LogP contribution is -2.32. The zero-order chi connectivity index (χ0) is 14.7. The molecule has 1 aromatic carbocycles. The van der Waals surface area contributed by atoms with E-state index in [9.17, 15) is 5.11 Å². The van der Waals surface area contributed by atoms with Crippen molar-refractivity contribution in [2.24, 2.45) is 0 Å². The van der Waals surface area contributed by atoms with Gasteiger partial charge >= 0.3 is 0 Å². The summed E-state index contributed by atoms with van der Waals surface area (Å²) < 4.78 is 1.86. The fraction of sp³-hybridized carbons (Fsp3) is 0.471. The van der Waals surface area contributed by atoms with Crippen molar-refractivity contribution in [3.63, 3.8) is 0 Å². The number of aromatic hydroxyl groups is 1. The first kappa shape index (κ1) is 16.8. The Kier molecular flexibility index (Phi) is 5.86. The number of likely N-dealkylation sites (tertiary alicyclic amines) is 1. The quantitative estimate of drug-likeness (QED) is 0.937.